The Morgan fingerprint density at radius 3 is 2.66 bits per heavy atom. The van der Waals surface area contributed by atoms with Gasteiger partial charge in [0.15, 0.2) is 4.96 Å². The van der Waals surface area contributed by atoms with Gasteiger partial charge in [-0.25, -0.2) is 4.98 Å². The number of carbonyl (C=O) groups is 1. The van der Waals surface area contributed by atoms with E-state index in [9.17, 15) is 4.79 Å². The molecule has 148 valence electrons. The molecule has 0 unspecified atom stereocenters. The van der Waals surface area contributed by atoms with Crippen LogP contribution in [-0.4, -0.2) is 21.9 Å². The van der Waals surface area contributed by atoms with Crippen LogP contribution in [0.5, 0.6) is 0 Å². The predicted molar refractivity (Wildman–Crippen MR) is 116 cm³/mol. The maximum absolute atomic E-state index is 12.6. The molecule has 29 heavy (non-hydrogen) atoms. The van der Waals surface area contributed by atoms with E-state index in [0.29, 0.717) is 26.2 Å². The van der Waals surface area contributed by atoms with Crippen molar-refractivity contribution >= 4 is 22.2 Å². The first-order valence-electron chi connectivity index (χ1n) is 9.66. The second-order valence-electron chi connectivity index (χ2n) is 6.73. The first kappa shape index (κ1) is 19.4. The number of amides is 1. The third kappa shape index (κ3) is 4.55. The third-order valence-electron chi connectivity index (χ3n) is 4.75. The number of thiazole rings is 1. The molecule has 4 aromatic rings. The van der Waals surface area contributed by atoms with Crippen LogP contribution in [0.15, 0.2) is 66.2 Å². The Morgan fingerprint density at radius 1 is 1.10 bits per heavy atom. The summed E-state index contributed by atoms with van der Waals surface area (Å²) in [7, 11) is 0. The second-order valence-corrected chi connectivity index (χ2v) is 7.57. The van der Waals surface area contributed by atoms with Crippen molar-refractivity contribution in [1.82, 2.24) is 14.7 Å². The van der Waals surface area contributed by atoms with E-state index in [2.05, 4.69) is 10.3 Å². The van der Waals surface area contributed by atoms with Gasteiger partial charge in [-0.15, -0.1) is 11.3 Å². The van der Waals surface area contributed by atoms with E-state index < -0.39 is 0 Å². The van der Waals surface area contributed by atoms with Crippen LogP contribution in [0.1, 0.15) is 23.7 Å². The molecule has 0 spiro atoms. The molecule has 0 atom stereocenters. The number of nitrogens with one attached hydrogen (secondary N) is 1. The van der Waals surface area contributed by atoms with Crippen LogP contribution in [0, 0.1) is 0 Å². The van der Waals surface area contributed by atoms with E-state index >= 15 is 0 Å². The lowest BCUT2D eigenvalue weighted by molar-refractivity contribution is -0.120. The zero-order valence-electron chi connectivity index (χ0n) is 16.3. The highest BCUT2D eigenvalue weighted by Gasteiger charge is 2.13. The lowest BCUT2D eigenvalue weighted by Gasteiger charge is -2.10. The van der Waals surface area contributed by atoms with Crippen molar-refractivity contribution in [1.29, 1.82) is 0 Å². The van der Waals surface area contributed by atoms with Crippen molar-refractivity contribution < 1.29 is 9.53 Å². The van der Waals surface area contributed by atoms with E-state index in [4.69, 9.17) is 4.74 Å². The molecule has 0 saturated carbocycles. The molecule has 0 saturated heterocycles. The lowest BCUT2D eigenvalue weighted by atomic mass is 10.1. The fourth-order valence-electron chi connectivity index (χ4n) is 3.21. The highest BCUT2D eigenvalue weighted by Crippen LogP contribution is 2.23. The summed E-state index contributed by atoms with van der Waals surface area (Å²) < 4.78 is 7.53. The summed E-state index contributed by atoms with van der Waals surface area (Å²) in [6, 6.07) is 18.1. The Morgan fingerprint density at radius 2 is 1.86 bits per heavy atom. The number of carbonyl (C=O) groups excluding carboxylic acids is 1. The maximum Gasteiger partial charge on any atom is 0.226 e. The average Bonchev–Trinajstić information content (AvgIpc) is 3.34. The van der Waals surface area contributed by atoms with Gasteiger partial charge >= 0.3 is 0 Å². The van der Waals surface area contributed by atoms with Crippen LogP contribution < -0.4 is 5.32 Å². The van der Waals surface area contributed by atoms with E-state index in [-0.39, 0.29) is 5.91 Å². The molecule has 6 heteroatoms. The quantitative estimate of drug-likeness (QED) is 0.471. The van der Waals surface area contributed by atoms with Crippen LogP contribution >= 0.6 is 11.3 Å². The van der Waals surface area contributed by atoms with Gasteiger partial charge in [0.05, 0.1) is 18.7 Å². The molecule has 5 nitrogen and oxygen atoms in total. The van der Waals surface area contributed by atoms with Crippen LogP contribution in [0.3, 0.4) is 0 Å². The number of fused-ring (bicyclic) bond motifs is 1. The molecule has 0 bridgehead atoms. The van der Waals surface area contributed by atoms with Crippen molar-refractivity contribution in [3.63, 3.8) is 0 Å². The summed E-state index contributed by atoms with van der Waals surface area (Å²) in [5, 5.41) is 5.03. The van der Waals surface area contributed by atoms with Crippen molar-refractivity contribution in [3.05, 3.63) is 83.0 Å². The van der Waals surface area contributed by atoms with Crippen molar-refractivity contribution in [2.75, 3.05) is 6.61 Å². The molecule has 4 rings (SSSR count). The minimum absolute atomic E-state index is 0.00845. The summed E-state index contributed by atoms with van der Waals surface area (Å²) in [6.07, 6.45) is 2.32. The highest BCUT2D eigenvalue weighted by molar-refractivity contribution is 7.15. The van der Waals surface area contributed by atoms with E-state index in [1.165, 1.54) is 0 Å². The number of imidazole rings is 1. The fourth-order valence-corrected chi connectivity index (χ4v) is 4.08. The van der Waals surface area contributed by atoms with E-state index in [1.807, 2.05) is 77.5 Å². The van der Waals surface area contributed by atoms with Gasteiger partial charge in [0.2, 0.25) is 5.91 Å². The summed E-state index contributed by atoms with van der Waals surface area (Å²) in [4.78, 5) is 18.1. The second kappa shape index (κ2) is 9.03. The van der Waals surface area contributed by atoms with Gasteiger partial charge in [0.25, 0.3) is 0 Å². The Bertz CT molecular complexity index is 1100. The topological polar surface area (TPSA) is 55.6 Å². The zero-order valence-corrected chi connectivity index (χ0v) is 17.1. The minimum atomic E-state index is -0.00845. The van der Waals surface area contributed by atoms with Gasteiger partial charge in [-0.3, -0.25) is 9.20 Å². The third-order valence-corrected chi connectivity index (χ3v) is 5.64. The van der Waals surface area contributed by atoms with E-state index in [1.54, 1.807) is 11.3 Å². The normalized spacial score (nSPS) is 11.1. The largest absolute Gasteiger partial charge is 0.377 e. The number of hydrogen-bond donors (Lipinski definition) is 1. The van der Waals surface area contributed by atoms with Crippen molar-refractivity contribution in [3.8, 4) is 11.3 Å². The standard InChI is InChI=1S/C23H23N3O2S/c1-2-28-15-19-11-7-6-10-18(19)13-24-22(27)12-20-16-29-23-25-21(14-26(20)23)17-8-4-3-5-9-17/h3-11,14,16H,2,12-13,15H2,1H3,(H,24,27). The maximum atomic E-state index is 12.6. The summed E-state index contributed by atoms with van der Waals surface area (Å²) in [5.41, 5.74) is 5.13. The number of rotatable bonds is 8. The van der Waals surface area contributed by atoms with Crippen LogP contribution in [0.2, 0.25) is 0 Å². The van der Waals surface area contributed by atoms with Crippen molar-refractivity contribution in [2.45, 2.75) is 26.5 Å². The number of benzene rings is 2. The lowest BCUT2D eigenvalue weighted by Crippen LogP contribution is -2.25. The molecule has 2 aromatic heterocycles. The number of ether oxygens (including phenoxy) is 1. The molecule has 1 amide bonds. The number of nitrogens with zero attached hydrogens (tertiary/aromatic N) is 2. The fraction of sp³-hybridized carbons (Fsp3) is 0.217. The Labute approximate surface area is 174 Å². The zero-order chi connectivity index (χ0) is 20.1. The number of aromatic nitrogens is 2. The molecule has 1 N–H and O–H groups in total. The minimum Gasteiger partial charge on any atom is -0.377 e. The predicted octanol–water partition coefficient (Wildman–Crippen LogP) is 4.46. The van der Waals surface area contributed by atoms with E-state index in [0.717, 1.165) is 33.0 Å². The Kier molecular flexibility index (Phi) is 6.03. The van der Waals surface area contributed by atoms with Crippen LogP contribution in [0.4, 0.5) is 0 Å². The van der Waals surface area contributed by atoms with Crippen LogP contribution in [-0.2, 0) is 29.1 Å². The summed E-state index contributed by atoms with van der Waals surface area (Å²) >= 11 is 1.55. The SMILES string of the molecule is CCOCc1ccccc1CNC(=O)Cc1csc2nc(-c3ccccc3)cn12. The molecule has 0 aliphatic heterocycles. The first-order valence-corrected chi connectivity index (χ1v) is 10.5. The monoisotopic (exact) mass is 405 g/mol. The molecular formula is C23H23N3O2S. The first-order chi connectivity index (χ1) is 14.2. The summed E-state index contributed by atoms with van der Waals surface area (Å²) in [6.45, 7) is 3.70. The van der Waals surface area contributed by atoms with Crippen LogP contribution in [0.25, 0.3) is 16.2 Å². The molecule has 2 heterocycles. The van der Waals surface area contributed by atoms with Gasteiger partial charge in [0, 0.05) is 36.0 Å². The molecule has 0 fully saturated rings. The molecule has 0 aliphatic carbocycles. The van der Waals surface area contributed by atoms with Crippen molar-refractivity contribution in [2.24, 2.45) is 0 Å². The Balaban J connectivity index is 1.43. The average molecular weight is 406 g/mol. The van der Waals surface area contributed by atoms with Gasteiger partial charge in [-0.05, 0) is 18.1 Å². The summed E-state index contributed by atoms with van der Waals surface area (Å²) in [5.74, 6) is -0.00845. The van der Waals surface area contributed by atoms with Gasteiger partial charge < -0.3 is 10.1 Å². The molecule has 0 aliphatic rings. The van der Waals surface area contributed by atoms with Gasteiger partial charge in [0.1, 0.15) is 0 Å². The Hall–Kier alpha value is -2.96. The van der Waals surface area contributed by atoms with Gasteiger partial charge in [-0.1, -0.05) is 54.6 Å². The molecule has 0 radical (unpaired) electrons. The smallest absolute Gasteiger partial charge is 0.226 e. The number of hydrogen-bond acceptors (Lipinski definition) is 4. The molecular weight excluding hydrogens is 382 g/mol. The highest BCUT2D eigenvalue weighted by atomic mass is 32.1. The van der Waals surface area contributed by atoms with Gasteiger partial charge in [-0.2, -0.15) is 0 Å². The molecule has 2 aromatic carbocycles.